The van der Waals surface area contributed by atoms with E-state index in [-0.39, 0.29) is 18.2 Å². The zero-order valence-corrected chi connectivity index (χ0v) is 14.4. The molecular weight excluding hydrogens is 350 g/mol. The number of likely N-dealkylation sites (N-methyl/N-ethyl adjacent to an activating group) is 1. The van der Waals surface area contributed by atoms with Crippen LogP contribution in [0.25, 0.3) is 0 Å². The number of nitrogens with one attached hydrogen (secondary N) is 1. The molecule has 0 saturated heterocycles. The minimum absolute atomic E-state index is 0.115. The van der Waals surface area contributed by atoms with Crippen molar-refractivity contribution in [2.24, 2.45) is 0 Å². The molecule has 1 heterocycles. The molecule has 0 radical (unpaired) electrons. The largest absolute Gasteiger partial charge is 0.481 e. The highest BCUT2D eigenvalue weighted by atomic mass is 32.1. The molecule has 0 saturated carbocycles. The molecular formula is C17H18F2N2O3S. The van der Waals surface area contributed by atoms with Crippen molar-refractivity contribution in [3.8, 4) is 5.75 Å². The Balaban J connectivity index is 1.82. The van der Waals surface area contributed by atoms with Crippen LogP contribution in [0.3, 0.4) is 0 Å². The highest BCUT2D eigenvalue weighted by Gasteiger charge is 2.17. The van der Waals surface area contributed by atoms with Crippen molar-refractivity contribution in [1.29, 1.82) is 0 Å². The van der Waals surface area contributed by atoms with Crippen LogP contribution in [-0.2, 0) is 16.1 Å². The summed E-state index contributed by atoms with van der Waals surface area (Å²) in [4.78, 5) is 26.4. The van der Waals surface area contributed by atoms with Gasteiger partial charge in [-0.3, -0.25) is 9.59 Å². The molecule has 2 aromatic rings. The summed E-state index contributed by atoms with van der Waals surface area (Å²) in [5.41, 5.74) is 0. The van der Waals surface area contributed by atoms with Crippen molar-refractivity contribution in [1.82, 2.24) is 10.2 Å². The SMILES string of the molecule is CCN(CC(=O)NCc1cccs1)C(=O)COc1ccc(F)cc1F. The van der Waals surface area contributed by atoms with Gasteiger partial charge in [-0.15, -0.1) is 11.3 Å². The van der Waals surface area contributed by atoms with Crippen LogP contribution in [-0.4, -0.2) is 36.4 Å². The number of ether oxygens (including phenoxy) is 1. The van der Waals surface area contributed by atoms with Crippen LogP contribution in [0.5, 0.6) is 5.75 Å². The molecule has 2 amide bonds. The van der Waals surface area contributed by atoms with Crippen LogP contribution < -0.4 is 10.1 Å². The molecule has 8 heteroatoms. The lowest BCUT2D eigenvalue weighted by Gasteiger charge is -2.20. The number of nitrogens with zero attached hydrogens (tertiary/aromatic N) is 1. The average Bonchev–Trinajstić information content (AvgIpc) is 3.10. The lowest BCUT2D eigenvalue weighted by molar-refractivity contribution is -0.137. The van der Waals surface area contributed by atoms with Crippen molar-refractivity contribution in [2.45, 2.75) is 13.5 Å². The summed E-state index contributed by atoms with van der Waals surface area (Å²) in [6.07, 6.45) is 0. The Morgan fingerprint density at radius 1 is 1.28 bits per heavy atom. The van der Waals surface area contributed by atoms with Crippen molar-refractivity contribution in [2.75, 3.05) is 19.7 Å². The lowest BCUT2D eigenvalue weighted by atomic mass is 10.3. The first-order valence-corrected chi connectivity index (χ1v) is 8.52. The van der Waals surface area contributed by atoms with Crippen LogP contribution >= 0.6 is 11.3 Å². The average molecular weight is 368 g/mol. The maximum atomic E-state index is 13.5. The predicted molar refractivity (Wildman–Crippen MR) is 90.3 cm³/mol. The Morgan fingerprint density at radius 3 is 2.72 bits per heavy atom. The van der Waals surface area contributed by atoms with Gasteiger partial charge in [0, 0.05) is 17.5 Å². The highest BCUT2D eigenvalue weighted by molar-refractivity contribution is 7.09. The van der Waals surface area contributed by atoms with Gasteiger partial charge in [-0.05, 0) is 30.5 Å². The maximum absolute atomic E-state index is 13.5. The first-order chi connectivity index (χ1) is 12.0. The summed E-state index contributed by atoms with van der Waals surface area (Å²) in [6.45, 7) is 1.88. The fourth-order valence-electron chi connectivity index (χ4n) is 2.03. The number of carbonyl (C=O) groups excluding carboxylic acids is 2. The van der Waals surface area contributed by atoms with Gasteiger partial charge < -0.3 is 15.0 Å². The molecule has 0 aliphatic heterocycles. The summed E-state index contributed by atoms with van der Waals surface area (Å²) in [5.74, 6) is -2.58. The van der Waals surface area contributed by atoms with E-state index in [1.54, 1.807) is 6.92 Å². The number of halogens is 2. The monoisotopic (exact) mass is 368 g/mol. The van der Waals surface area contributed by atoms with Gasteiger partial charge >= 0.3 is 0 Å². The minimum atomic E-state index is -0.885. The highest BCUT2D eigenvalue weighted by Crippen LogP contribution is 2.17. The van der Waals surface area contributed by atoms with Crippen LogP contribution in [0.15, 0.2) is 35.7 Å². The van der Waals surface area contributed by atoms with Gasteiger partial charge in [0.25, 0.3) is 5.91 Å². The zero-order chi connectivity index (χ0) is 18.2. The maximum Gasteiger partial charge on any atom is 0.260 e. The van der Waals surface area contributed by atoms with Crippen molar-refractivity contribution in [3.63, 3.8) is 0 Å². The number of rotatable bonds is 8. The van der Waals surface area contributed by atoms with E-state index in [4.69, 9.17) is 4.74 Å². The molecule has 0 unspecified atom stereocenters. The molecule has 0 bridgehead atoms. The van der Waals surface area contributed by atoms with Gasteiger partial charge in [0.1, 0.15) is 5.82 Å². The quantitative estimate of drug-likeness (QED) is 0.779. The first kappa shape index (κ1) is 18.9. The molecule has 1 aromatic carbocycles. The Morgan fingerprint density at radius 2 is 2.08 bits per heavy atom. The second-order valence-electron chi connectivity index (χ2n) is 5.13. The van der Waals surface area contributed by atoms with Crippen LogP contribution in [0, 0.1) is 11.6 Å². The molecule has 1 N–H and O–H groups in total. The second-order valence-corrected chi connectivity index (χ2v) is 6.16. The van der Waals surface area contributed by atoms with Gasteiger partial charge in [0.2, 0.25) is 5.91 Å². The van der Waals surface area contributed by atoms with E-state index in [1.807, 2.05) is 17.5 Å². The molecule has 0 spiro atoms. The smallest absolute Gasteiger partial charge is 0.260 e. The normalized spacial score (nSPS) is 10.4. The molecule has 0 atom stereocenters. The molecule has 0 aliphatic rings. The van der Waals surface area contributed by atoms with E-state index in [2.05, 4.69) is 5.32 Å². The van der Waals surface area contributed by atoms with Gasteiger partial charge in [0.05, 0.1) is 13.1 Å². The Hall–Kier alpha value is -2.48. The Kier molecular flexibility index (Phi) is 6.88. The third kappa shape index (κ3) is 5.82. The number of amides is 2. The summed E-state index contributed by atoms with van der Waals surface area (Å²) < 4.78 is 31.4. The lowest BCUT2D eigenvalue weighted by Crippen LogP contribution is -2.42. The van der Waals surface area contributed by atoms with Gasteiger partial charge in [-0.2, -0.15) is 0 Å². The van der Waals surface area contributed by atoms with E-state index >= 15 is 0 Å². The van der Waals surface area contributed by atoms with E-state index in [0.29, 0.717) is 19.2 Å². The fourth-order valence-corrected chi connectivity index (χ4v) is 2.67. The van der Waals surface area contributed by atoms with Crippen LogP contribution in [0.4, 0.5) is 8.78 Å². The third-order valence-electron chi connectivity index (χ3n) is 3.35. The molecule has 25 heavy (non-hydrogen) atoms. The summed E-state index contributed by atoms with van der Waals surface area (Å²) in [6, 6.07) is 6.62. The van der Waals surface area contributed by atoms with E-state index in [9.17, 15) is 18.4 Å². The van der Waals surface area contributed by atoms with Gasteiger partial charge in [-0.25, -0.2) is 8.78 Å². The van der Waals surface area contributed by atoms with Crippen LogP contribution in [0.2, 0.25) is 0 Å². The molecule has 0 fully saturated rings. The summed E-state index contributed by atoms with van der Waals surface area (Å²) in [7, 11) is 0. The fraction of sp³-hybridized carbons (Fsp3) is 0.294. The number of hydrogen-bond donors (Lipinski definition) is 1. The van der Waals surface area contributed by atoms with Crippen molar-refractivity contribution >= 4 is 23.2 Å². The molecule has 1 aromatic heterocycles. The van der Waals surface area contributed by atoms with E-state index in [1.165, 1.54) is 16.2 Å². The van der Waals surface area contributed by atoms with Crippen molar-refractivity contribution < 1.29 is 23.1 Å². The zero-order valence-electron chi connectivity index (χ0n) is 13.6. The number of carbonyl (C=O) groups is 2. The van der Waals surface area contributed by atoms with Crippen LogP contribution in [0.1, 0.15) is 11.8 Å². The number of thiophene rings is 1. The predicted octanol–water partition coefficient (Wildman–Crippen LogP) is 2.57. The topological polar surface area (TPSA) is 58.6 Å². The standard InChI is InChI=1S/C17H18F2N2O3S/c1-2-21(10-16(22)20-9-13-4-3-7-25-13)17(23)11-24-15-6-5-12(18)8-14(15)19/h3-8H,2,9-11H2,1H3,(H,20,22). The van der Waals surface area contributed by atoms with Gasteiger partial charge in [0.15, 0.2) is 18.2 Å². The molecule has 134 valence electrons. The van der Waals surface area contributed by atoms with Gasteiger partial charge in [-0.1, -0.05) is 6.07 Å². The third-order valence-corrected chi connectivity index (χ3v) is 4.23. The first-order valence-electron chi connectivity index (χ1n) is 7.64. The Bertz CT molecular complexity index is 723. The molecule has 0 aliphatic carbocycles. The number of hydrogen-bond acceptors (Lipinski definition) is 4. The second kappa shape index (κ2) is 9.12. The Labute approximate surface area is 148 Å². The summed E-state index contributed by atoms with van der Waals surface area (Å²) >= 11 is 1.53. The summed E-state index contributed by atoms with van der Waals surface area (Å²) in [5, 5.41) is 4.64. The minimum Gasteiger partial charge on any atom is -0.481 e. The van der Waals surface area contributed by atoms with Crippen molar-refractivity contribution in [3.05, 3.63) is 52.2 Å². The van der Waals surface area contributed by atoms with E-state index < -0.39 is 24.1 Å². The van der Waals surface area contributed by atoms with E-state index in [0.717, 1.165) is 17.0 Å². The molecule has 5 nitrogen and oxygen atoms in total. The number of benzene rings is 1. The molecule has 2 rings (SSSR count).